The van der Waals surface area contributed by atoms with Gasteiger partial charge in [-0.2, -0.15) is 0 Å². The lowest BCUT2D eigenvalue weighted by molar-refractivity contribution is -0.137. The lowest BCUT2D eigenvalue weighted by Gasteiger charge is -2.36. The van der Waals surface area contributed by atoms with Crippen molar-refractivity contribution in [2.24, 2.45) is 5.92 Å². The lowest BCUT2D eigenvalue weighted by atomic mass is 9.90. The van der Waals surface area contributed by atoms with Crippen molar-refractivity contribution in [2.45, 2.75) is 45.6 Å². The van der Waals surface area contributed by atoms with E-state index in [0.717, 1.165) is 65.0 Å². The molecule has 1 unspecified atom stereocenters. The summed E-state index contributed by atoms with van der Waals surface area (Å²) in [6, 6.07) is 10.6. The van der Waals surface area contributed by atoms with Gasteiger partial charge in [-0.3, -0.25) is 14.5 Å². The molecule has 0 aromatic heterocycles. The first-order valence-electron chi connectivity index (χ1n) is 10.4. The van der Waals surface area contributed by atoms with Gasteiger partial charge in [0.25, 0.3) is 0 Å². The Morgan fingerprint density at radius 1 is 0.963 bits per heavy atom. The molecule has 5 nitrogen and oxygen atoms in total. The van der Waals surface area contributed by atoms with Crippen LogP contribution in [0.4, 0.5) is 0 Å². The molecule has 1 aromatic rings. The second-order valence-corrected chi connectivity index (χ2v) is 8.03. The Kier molecular flexibility index (Phi) is 6.89. The minimum absolute atomic E-state index is 0.0948. The summed E-state index contributed by atoms with van der Waals surface area (Å²) in [5, 5.41) is 0. The summed E-state index contributed by atoms with van der Waals surface area (Å²) >= 11 is 0. The van der Waals surface area contributed by atoms with Crippen LogP contribution in [0.15, 0.2) is 30.3 Å². The molecule has 0 aliphatic carbocycles. The van der Waals surface area contributed by atoms with Crippen molar-refractivity contribution in [2.75, 3.05) is 39.3 Å². The summed E-state index contributed by atoms with van der Waals surface area (Å²) in [6.45, 7) is 8.61. The molecule has 0 radical (unpaired) electrons. The van der Waals surface area contributed by atoms with Crippen LogP contribution in [-0.2, 0) is 16.0 Å². The Morgan fingerprint density at radius 3 is 2.33 bits per heavy atom. The third-order valence-electron chi connectivity index (χ3n) is 6.17. The van der Waals surface area contributed by atoms with Gasteiger partial charge in [0.15, 0.2) is 0 Å². The highest BCUT2D eigenvalue weighted by molar-refractivity contribution is 5.81. The fraction of sp³-hybridized carbons (Fsp3) is 0.636. The predicted octanol–water partition coefficient (Wildman–Crippen LogP) is 2.41. The van der Waals surface area contributed by atoms with Crippen LogP contribution < -0.4 is 0 Å². The third kappa shape index (κ3) is 5.32. The fourth-order valence-corrected chi connectivity index (χ4v) is 4.36. The molecule has 0 saturated carbocycles. The summed E-state index contributed by atoms with van der Waals surface area (Å²) < 4.78 is 0. The van der Waals surface area contributed by atoms with E-state index < -0.39 is 0 Å². The van der Waals surface area contributed by atoms with E-state index >= 15 is 0 Å². The van der Waals surface area contributed by atoms with Crippen LogP contribution >= 0.6 is 0 Å². The van der Waals surface area contributed by atoms with Crippen molar-refractivity contribution in [1.82, 2.24) is 14.7 Å². The minimum atomic E-state index is -0.0948. The van der Waals surface area contributed by atoms with Gasteiger partial charge < -0.3 is 9.80 Å². The van der Waals surface area contributed by atoms with Gasteiger partial charge in [0.1, 0.15) is 0 Å². The molecule has 5 heteroatoms. The van der Waals surface area contributed by atoms with Crippen LogP contribution in [0.25, 0.3) is 0 Å². The monoisotopic (exact) mass is 371 g/mol. The third-order valence-corrected chi connectivity index (χ3v) is 6.17. The van der Waals surface area contributed by atoms with Gasteiger partial charge in [-0.05, 0) is 44.1 Å². The highest BCUT2D eigenvalue weighted by Crippen LogP contribution is 2.23. The van der Waals surface area contributed by atoms with E-state index in [2.05, 4.69) is 40.1 Å². The van der Waals surface area contributed by atoms with E-state index in [-0.39, 0.29) is 17.9 Å². The van der Waals surface area contributed by atoms with Gasteiger partial charge in [-0.1, -0.05) is 30.3 Å². The Hall–Kier alpha value is -1.88. The standard InChI is InChI=1S/C22H33N3O2/c1-18(23-11-6-12-24(16-15-23)19(2)26)22(27)25-13-9-21(10-14-25)17-20-7-4-3-5-8-20/h3-5,7-8,18,21H,6,9-17H2,1-2H3. The van der Waals surface area contributed by atoms with E-state index in [0.29, 0.717) is 5.92 Å². The molecule has 0 bridgehead atoms. The number of piperidine rings is 1. The maximum absolute atomic E-state index is 13.0. The Labute approximate surface area is 163 Å². The smallest absolute Gasteiger partial charge is 0.239 e. The average Bonchev–Trinajstić information content (AvgIpc) is 2.95. The molecule has 2 heterocycles. The molecule has 1 atom stereocenters. The van der Waals surface area contributed by atoms with Gasteiger partial charge in [0.05, 0.1) is 6.04 Å². The molecule has 148 valence electrons. The molecule has 0 spiro atoms. The number of amides is 2. The van der Waals surface area contributed by atoms with Gasteiger partial charge in [0, 0.05) is 46.2 Å². The van der Waals surface area contributed by atoms with E-state index in [9.17, 15) is 9.59 Å². The first kappa shape index (κ1) is 19.9. The first-order chi connectivity index (χ1) is 13.0. The number of likely N-dealkylation sites (tertiary alicyclic amines) is 1. The van der Waals surface area contributed by atoms with Crippen molar-refractivity contribution < 1.29 is 9.59 Å². The molecular weight excluding hydrogens is 338 g/mol. The second kappa shape index (κ2) is 9.36. The summed E-state index contributed by atoms with van der Waals surface area (Å²) in [6.07, 6.45) is 4.23. The Balaban J connectivity index is 1.47. The SMILES string of the molecule is CC(=O)N1CCCN(C(C)C(=O)N2CCC(Cc3ccccc3)CC2)CC1. The number of hydrogen-bond acceptors (Lipinski definition) is 3. The van der Waals surface area contributed by atoms with Crippen molar-refractivity contribution in [3.63, 3.8) is 0 Å². The van der Waals surface area contributed by atoms with Gasteiger partial charge in [-0.15, -0.1) is 0 Å². The molecule has 0 N–H and O–H groups in total. The maximum atomic E-state index is 13.0. The van der Waals surface area contributed by atoms with Crippen LogP contribution in [-0.4, -0.2) is 71.8 Å². The van der Waals surface area contributed by atoms with Crippen LogP contribution in [0.1, 0.15) is 38.7 Å². The molecule has 3 rings (SSSR count). The van der Waals surface area contributed by atoms with Crippen LogP contribution in [0.2, 0.25) is 0 Å². The van der Waals surface area contributed by atoms with Crippen LogP contribution in [0.5, 0.6) is 0 Å². The number of hydrogen-bond donors (Lipinski definition) is 0. The second-order valence-electron chi connectivity index (χ2n) is 8.03. The Bertz CT molecular complexity index is 626. The molecule has 2 aliphatic heterocycles. The fourth-order valence-electron chi connectivity index (χ4n) is 4.36. The van der Waals surface area contributed by atoms with Gasteiger partial charge in [0.2, 0.25) is 11.8 Å². The quantitative estimate of drug-likeness (QED) is 0.816. The van der Waals surface area contributed by atoms with Crippen LogP contribution in [0, 0.1) is 5.92 Å². The van der Waals surface area contributed by atoms with E-state index in [1.54, 1.807) is 6.92 Å². The summed E-state index contributed by atoms with van der Waals surface area (Å²) in [5.74, 6) is 1.06. The highest BCUT2D eigenvalue weighted by Gasteiger charge is 2.30. The number of carbonyl (C=O) groups is 2. The van der Waals surface area contributed by atoms with Gasteiger partial charge >= 0.3 is 0 Å². The molecular formula is C22H33N3O2. The summed E-state index contributed by atoms with van der Waals surface area (Å²) in [4.78, 5) is 30.8. The molecule has 2 fully saturated rings. The zero-order valence-corrected chi connectivity index (χ0v) is 16.8. The summed E-state index contributed by atoms with van der Waals surface area (Å²) in [5.41, 5.74) is 1.40. The minimum Gasteiger partial charge on any atom is -0.342 e. The molecule has 27 heavy (non-hydrogen) atoms. The van der Waals surface area contributed by atoms with Gasteiger partial charge in [-0.25, -0.2) is 0 Å². The molecule has 1 aromatic carbocycles. The van der Waals surface area contributed by atoms with Crippen molar-refractivity contribution in [1.29, 1.82) is 0 Å². The number of carbonyl (C=O) groups excluding carboxylic acids is 2. The van der Waals surface area contributed by atoms with E-state index in [1.807, 2.05) is 11.8 Å². The van der Waals surface area contributed by atoms with E-state index in [4.69, 9.17) is 0 Å². The Morgan fingerprint density at radius 2 is 1.67 bits per heavy atom. The zero-order valence-electron chi connectivity index (χ0n) is 16.8. The zero-order chi connectivity index (χ0) is 19.2. The number of rotatable bonds is 4. The average molecular weight is 372 g/mol. The van der Waals surface area contributed by atoms with Crippen molar-refractivity contribution in [3.8, 4) is 0 Å². The topological polar surface area (TPSA) is 43.9 Å². The van der Waals surface area contributed by atoms with E-state index in [1.165, 1.54) is 5.56 Å². The first-order valence-corrected chi connectivity index (χ1v) is 10.4. The van der Waals surface area contributed by atoms with Crippen molar-refractivity contribution >= 4 is 11.8 Å². The predicted molar refractivity (Wildman–Crippen MR) is 107 cm³/mol. The molecule has 2 amide bonds. The molecule has 2 saturated heterocycles. The van der Waals surface area contributed by atoms with Crippen molar-refractivity contribution in [3.05, 3.63) is 35.9 Å². The molecule has 2 aliphatic rings. The highest BCUT2D eigenvalue weighted by atomic mass is 16.2. The maximum Gasteiger partial charge on any atom is 0.239 e. The largest absolute Gasteiger partial charge is 0.342 e. The van der Waals surface area contributed by atoms with Crippen LogP contribution in [0.3, 0.4) is 0 Å². The number of nitrogens with zero attached hydrogens (tertiary/aromatic N) is 3. The summed E-state index contributed by atoms with van der Waals surface area (Å²) in [7, 11) is 0. The lowest BCUT2D eigenvalue weighted by Crippen LogP contribution is -2.50. The number of benzene rings is 1. The normalized spacial score (nSPS) is 21.0.